The van der Waals surface area contributed by atoms with Crippen molar-refractivity contribution in [2.24, 2.45) is 5.73 Å². The number of aliphatic hydroxyl groups excluding tert-OH is 1. The molecule has 9 nitrogen and oxygen atoms in total. The van der Waals surface area contributed by atoms with Crippen LogP contribution in [-0.4, -0.2) is 57.8 Å². The second kappa shape index (κ2) is 6.53. The number of nitrogens with zero attached hydrogens (tertiary/aromatic N) is 4. The molecular weight excluding hydrogens is 352 g/mol. The molecule has 10 heteroatoms. The molecule has 3 heterocycles. The molecule has 3 rings (SSSR count). The minimum absolute atomic E-state index is 0.0121. The van der Waals surface area contributed by atoms with Gasteiger partial charge < -0.3 is 25.7 Å². The normalized spacial score (nSPS) is 27.3. The van der Waals surface area contributed by atoms with Crippen LogP contribution >= 0.6 is 0 Å². The quantitative estimate of drug-likeness (QED) is 0.669. The summed E-state index contributed by atoms with van der Waals surface area (Å²) in [6, 6.07) is -0.462. The summed E-state index contributed by atoms with van der Waals surface area (Å²) < 4.78 is 14.4. The number of fused-ring (bicyclic) bond motifs is 1. The fraction of sp³-hybridized carbons (Fsp3) is 0.688. The van der Waals surface area contributed by atoms with Crippen LogP contribution in [0.25, 0.3) is 11.2 Å². The van der Waals surface area contributed by atoms with Gasteiger partial charge in [-0.05, 0) is 18.1 Å². The molecule has 4 atom stereocenters. The van der Waals surface area contributed by atoms with Crippen LogP contribution in [0.5, 0.6) is 0 Å². The first-order valence-electron chi connectivity index (χ1n) is 8.69. The highest BCUT2D eigenvalue weighted by molar-refractivity contribution is 6.74. The van der Waals surface area contributed by atoms with Crippen molar-refractivity contribution in [2.45, 2.75) is 63.4 Å². The average molecular weight is 381 g/mol. The Morgan fingerprint density at radius 3 is 2.62 bits per heavy atom. The lowest BCUT2D eigenvalue weighted by molar-refractivity contribution is -0.0462. The van der Waals surface area contributed by atoms with Gasteiger partial charge in [0.1, 0.15) is 24.1 Å². The molecule has 0 saturated carbocycles. The molecule has 2 aromatic heterocycles. The second-order valence-corrected chi connectivity index (χ2v) is 13.0. The van der Waals surface area contributed by atoms with Crippen molar-refractivity contribution in [3.05, 3.63) is 12.7 Å². The maximum absolute atomic E-state index is 9.67. The van der Waals surface area contributed by atoms with E-state index in [4.69, 9.17) is 20.6 Å². The zero-order valence-corrected chi connectivity index (χ0v) is 16.9. The van der Waals surface area contributed by atoms with E-state index in [1.165, 1.54) is 6.33 Å². The van der Waals surface area contributed by atoms with E-state index < -0.39 is 32.8 Å². The predicted molar refractivity (Wildman–Crippen MR) is 101 cm³/mol. The number of aromatic nitrogens is 4. The van der Waals surface area contributed by atoms with Crippen LogP contribution in [0.1, 0.15) is 27.0 Å². The summed E-state index contributed by atoms with van der Waals surface area (Å²) in [5, 5.41) is 9.68. The van der Waals surface area contributed by atoms with Gasteiger partial charge in [0.05, 0.1) is 19.0 Å². The van der Waals surface area contributed by atoms with Crippen LogP contribution in [0.3, 0.4) is 0 Å². The van der Waals surface area contributed by atoms with Gasteiger partial charge in [0, 0.05) is 0 Å². The Morgan fingerprint density at radius 2 is 2.00 bits per heavy atom. The Morgan fingerprint density at radius 1 is 1.31 bits per heavy atom. The molecule has 0 aliphatic carbocycles. The number of imidazole rings is 1. The molecule has 1 aliphatic rings. The number of nitrogen functional groups attached to an aromatic ring is 1. The molecule has 1 saturated heterocycles. The third-order valence-corrected chi connectivity index (χ3v) is 9.96. The zero-order valence-electron chi connectivity index (χ0n) is 15.9. The van der Waals surface area contributed by atoms with Crippen molar-refractivity contribution >= 4 is 25.3 Å². The number of hydrogen-bond donors (Lipinski definition) is 3. The smallest absolute Gasteiger partial charge is 0.192 e. The Kier molecular flexibility index (Phi) is 4.82. The summed E-state index contributed by atoms with van der Waals surface area (Å²) >= 11 is 0. The van der Waals surface area contributed by atoms with Crippen LogP contribution < -0.4 is 11.5 Å². The first-order chi connectivity index (χ1) is 12.1. The van der Waals surface area contributed by atoms with E-state index in [1.807, 2.05) is 0 Å². The van der Waals surface area contributed by atoms with E-state index in [1.54, 1.807) is 10.9 Å². The highest BCUT2D eigenvalue weighted by atomic mass is 28.4. The largest absolute Gasteiger partial charge is 0.408 e. The third kappa shape index (κ3) is 3.12. The van der Waals surface area contributed by atoms with Crippen LogP contribution in [0.15, 0.2) is 12.7 Å². The second-order valence-electron chi connectivity index (χ2n) is 8.25. The SMILES string of the molecule is CC(C)(C)[Si](C)(C)O[C@@H]1[C@H](N)[C@@H](CO)O[C@H]1n1cnc2c(N)ncnc21. The molecule has 5 N–H and O–H groups in total. The molecule has 26 heavy (non-hydrogen) atoms. The highest BCUT2D eigenvalue weighted by Gasteiger charge is 2.49. The van der Waals surface area contributed by atoms with E-state index in [-0.39, 0.29) is 11.6 Å². The van der Waals surface area contributed by atoms with Crippen LogP contribution in [0.4, 0.5) is 5.82 Å². The van der Waals surface area contributed by atoms with E-state index in [0.717, 1.165) is 0 Å². The number of anilines is 1. The number of nitrogens with two attached hydrogens (primary N) is 2. The van der Waals surface area contributed by atoms with Crippen LogP contribution in [0.2, 0.25) is 18.1 Å². The van der Waals surface area contributed by atoms with Gasteiger partial charge in [0.2, 0.25) is 0 Å². The molecule has 0 aromatic carbocycles. The van der Waals surface area contributed by atoms with E-state index in [2.05, 4.69) is 48.8 Å². The lowest BCUT2D eigenvalue weighted by atomic mass is 10.1. The lowest BCUT2D eigenvalue weighted by Crippen LogP contribution is -2.51. The van der Waals surface area contributed by atoms with E-state index >= 15 is 0 Å². The van der Waals surface area contributed by atoms with Gasteiger partial charge in [-0.15, -0.1) is 0 Å². The Hall–Kier alpha value is -1.59. The number of hydrogen-bond acceptors (Lipinski definition) is 8. The van der Waals surface area contributed by atoms with Crippen molar-refractivity contribution in [3.63, 3.8) is 0 Å². The van der Waals surface area contributed by atoms with Gasteiger partial charge in [-0.2, -0.15) is 0 Å². The third-order valence-electron chi connectivity index (χ3n) is 5.48. The molecule has 0 spiro atoms. The fourth-order valence-corrected chi connectivity index (χ4v) is 4.16. The summed E-state index contributed by atoms with van der Waals surface area (Å²) in [4.78, 5) is 12.6. The molecule has 0 unspecified atom stereocenters. The number of ether oxygens (including phenoxy) is 1. The Labute approximate surface area is 153 Å². The van der Waals surface area contributed by atoms with Crippen LogP contribution in [-0.2, 0) is 9.16 Å². The molecule has 1 aliphatic heterocycles. The van der Waals surface area contributed by atoms with Gasteiger partial charge in [-0.1, -0.05) is 20.8 Å². The van der Waals surface area contributed by atoms with Gasteiger partial charge in [0.15, 0.2) is 26.0 Å². The first-order valence-corrected chi connectivity index (χ1v) is 11.6. The van der Waals surface area contributed by atoms with Crippen molar-refractivity contribution in [3.8, 4) is 0 Å². The Balaban J connectivity index is 2.01. The van der Waals surface area contributed by atoms with Gasteiger partial charge in [0.25, 0.3) is 0 Å². The Bertz CT molecular complexity index is 790. The van der Waals surface area contributed by atoms with Crippen molar-refractivity contribution in [1.82, 2.24) is 19.5 Å². The minimum atomic E-state index is -2.12. The first kappa shape index (κ1) is 19.2. The lowest BCUT2D eigenvalue weighted by Gasteiger charge is -2.40. The molecular formula is C16H28N6O3Si. The molecule has 0 amide bonds. The molecule has 0 radical (unpaired) electrons. The summed E-state index contributed by atoms with van der Waals surface area (Å²) in [6.07, 6.45) is 1.50. The highest BCUT2D eigenvalue weighted by Crippen LogP contribution is 2.41. The van der Waals surface area contributed by atoms with Crippen LogP contribution in [0, 0.1) is 0 Å². The van der Waals surface area contributed by atoms with E-state index in [0.29, 0.717) is 17.0 Å². The summed E-state index contributed by atoms with van der Waals surface area (Å²) in [5.41, 5.74) is 13.3. The predicted octanol–water partition coefficient (Wildman–Crippen LogP) is 1.02. The minimum Gasteiger partial charge on any atom is -0.408 e. The molecule has 1 fully saturated rings. The standard InChI is InChI=1S/C16H28N6O3Si/c1-16(2,3)26(4,5)25-12-10(17)9(6-23)24-15(12)22-8-21-11-13(18)19-7-20-14(11)22/h7-10,12,15,23H,6,17H2,1-5H3,(H2,18,19,20)/t9-,10-,12-,15-/m1/s1. The number of rotatable bonds is 4. The van der Waals surface area contributed by atoms with Gasteiger partial charge >= 0.3 is 0 Å². The summed E-state index contributed by atoms with van der Waals surface area (Å²) in [5.74, 6) is 0.302. The topological polar surface area (TPSA) is 134 Å². The molecule has 0 bridgehead atoms. The fourth-order valence-electron chi connectivity index (χ4n) is 2.85. The maximum Gasteiger partial charge on any atom is 0.192 e. The van der Waals surface area contributed by atoms with Gasteiger partial charge in [-0.25, -0.2) is 15.0 Å². The molecule has 144 valence electrons. The maximum atomic E-state index is 9.67. The van der Waals surface area contributed by atoms with E-state index in [9.17, 15) is 5.11 Å². The zero-order chi connectivity index (χ0) is 19.3. The molecule has 2 aromatic rings. The van der Waals surface area contributed by atoms with Gasteiger partial charge in [-0.3, -0.25) is 4.57 Å². The summed E-state index contributed by atoms with van der Waals surface area (Å²) in [6.45, 7) is 10.6. The average Bonchev–Trinajstić information content (AvgIpc) is 3.09. The monoisotopic (exact) mass is 380 g/mol. The van der Waals surface area contributed by atoms with Crippen molar-refractivity contribution in [1.29, 1.82) is 0 Å². The number of aliphatic hydroxyl groups is 1. The summed E-state index contributed by atoms with van der Waals surface area (Å²) in [7, 11) is -2.12. The van der Waals surface area contributed by atoms with Crippen molar-refractivity contribution < 1.29 is 14.3 Å². The van der Waals surface area contributed by atoms with Crippen molar-refractivity contribution in [2.75, 3.05) is 12.3 Å².